The molecule has 0 amide bonds. The predicted molar refractivity (Wildman–Crippen MR) is 101 cm³/mol. The zero-order valence-corrected chi connectivity index (χ0v) is 14.7. The molecule has 3 aromatic rings. The Balaban J connectivity index is 1.50. The van der Waals surface area contributed by atoms with Crippen molar-refractivity contribution in [3.63, 3.8) is 0 Å². The van der Waals surface area contributed by atoms with Gasteiger partial charge in [-0.25, -0.2) is 19.9 Å². The Labute approximate surface area is 152 Å². The van der Waals surface area contributed by atoms with Crippen LogP contribution in [0.4, 0.5) is 17.5 Å². The minimum atomic E-state index is 0.369. The molecule has 7 heteroatoms. The first-order valence-electron chi connectivity index (χ1n) is 8.82. The van der Waals surface area contributed by atoms with E-state index < -0.39 is 0 Å². The van der Waals surface area contributed by atoms with Crippen LogP contribution in [0.15, 0.2) is 49.3 Å². The average Bonchev–Trinajstić information content (AvgIpc) is 2.71. The second-order valence-electron chi connectivity index (χ2n) is 6.41. The van der Waals surface area contributed by atoms with E-state index in [-0.39, 0.29) is 0 Å². The molecule has 1 aliphatic rings. The molecule has 0 saturated carbocycles. The van der Waals surface area contributed by atoms with Gasteiger partial charge >= 0.3 is 0 Å². The topological polar surface area (TPSA) is 79.7 Å². The molecule has 0 unspecified atom stereocenters. The van der Waals surface area contributed by atoms with Crippen molar-refractivity contribution in [3.8, 4) is 0 Å². The predicted octanol–water partition coefficient (Wildman–Crippen LogP) is 3.10. The standard InChI is InChI=1S/C19H21N7/c1-14-3-2-7-22-18(14)25-19-17(21-9-10-23-19)15-5-11-26(12-6-15)16-4-8-20-13-24-16/h2-4,7-10,13,15H,5-6,11-12H2,1H3,(H,22,23,25). The largest absolute Gasteiger partial charge is 0.356 e. The Kier molecular flexibility index (Phi) is 4.68. The summed E-state index contributed by atoms with van der Waals surface area (Å²) >= 11 is 0. The van der Waals surface area contributed by atoms with Gasteiger partial charge in [0.15, 0.2) is 5.82 Å². The lowest BCUT2D eigenvalue weighted by atomic mass is 9.93. The van der Waals surface area contributed by atoms with E-state index in [9.17, 15) is 0 Å². The van der Waals surface area contributed by atoms with Crippen LogP contribution in [0.25, 0.3) is 0 Å². The van der Waals surface area contributed by atoms with Crippen molar-refractivity contribution >= 4 is 17.5 Å². The first kappa shape index (κ1) is 16.4. The van der Waals surface area contributed by atoms with Crippen molar-refractivity contribution in [2.75, 3.05) is 23.3 Å². The van der Waals surface area contributed by atoms with Crippen LogP contribution in [0.3, 0.4) is 0 Å². The van der Waals surface area contributed by atoms with Crippen molar-refractivity contribution < 1.29 is 0 Å². The van der Waals surface area contributed by atoms with Gasteiger partial charge in [-0.3, -0.25) is 4.98 Å². The van der Waals surface area contributed by atoms with E-state index >= 15 is 0 Å². The summed E-state index contributed by atoms with van der Waals surface area (Å²) in [4.78, 5) is 24.2. The lowest BCUT2D eigenvalue weighted by Crippen LogP contribution is -2.33. The molecule has 7 nitrogen and oxygen atoms in total. The smallest absolute Gasteiger partial charge is 0.153 e. The number of hydrogen-bond acceptors (Lipinski definition) is 7. The molecule has 1 aliphatic heterocycles. The minimum Gasteiger partial charge on any atom is -0.356 e. The number of pyridine rings is 1. The Morgan fingerprint density at radius 3 is 2.50 bits per heavy atom. The number of piperidine rings is 1. The highest BCUT2D eigenvalue weighted by Gasteiger charge is 2.25. The highest BCUT2D eigenvalue weighted by atomic mass is 15.2. The average molecular weight is 347 g/mol. The van der Waals surface area contributed by atoms with Crippen molar-refractivity contribution in [2.24, 2.45) is 0 Å². The highest BCUT2D eigenvalue weighted by Crippen LogP contribution is 2.32. The molecule has 0 bridgehead atoms. The molecule has 1 saturated heterocycles. The van der Waals surface area contributed by atoms with Crippen LogP contribution in [-0.2, 0) is 0 Å². The van der Waals surface area contributed by atoms with Crippen LogP contribution in [0.1, 0.15) is 30.0 Å². The van der Waals surface area contributed by atoms with E-state index in [2.05, 4.69) is 35.1 Å². The SMILES string of the molecule is Cc1cccnc1Nc1nccnc1C1CCN(c2ccncn2)CC1. The summed E-state index contributed by atoms with van der Waals surface area (Å²) in [6.45, 7) is 3.92. The maximum absolute atomic E-state index is 4.63. The molecule has 4 heterocycles. The first-order valence-corrected chi connectivity index (χ1v) is 8.82. The number of nitrogens with zero attached hydrogens (tertiary/aromatic N) is 6. The number of aromatic nitrogens is 5. The fourth-order valence-corrected chi connectivity index (χ4v) is 3.33. The third kappa shape index (κ3) is 3.46. The van der Waals surface area contributed by atoms with Crippen LogP contribution in [-0.4, -0.2) is 38.0 Å². The molecular weight excluding hydrogens is 326 g/mol. The number of aryl methyl sites for hydroxylation is 1. The molecule has 0 spiro atoms. The van der Waals surface area contributed by atoms with Crippen molar-refractivity contribution in [3.05, 3.63) is 60.6 Å². The van der Waals surface area contributed by atoms with E-state index in [0.29, 0.717) is 5.92 Å². The first-order chi connectivity index (χ1) is 12.8. The summed E-state index contributed by atoms with van der Waals surface area (Å²) in [5.41, 5.74) is 2.10. The molecule has 132 valence electrons. The quantitative estimate of drug-likeness (QED) is 0.777. The number of hydrogen-bond donors (Lipinski definition) is 1. The third-order valence-electron chi connectivity index (χ3n) is 4.74. The molecule has 0 radical (unpaired) electrons. The normalized spacial score (nSPS) is 15.0. The van der Waals surface area contributed by atoms with E-state index in [1.165, 1.54) is 0 Å². The van der Waals surface area contributed by atoms with Crippen molar-refractivity contribution in [1.82, 2.24) is 24.9 Å². The Morgan fingerprint density at radius 2 is 1.73 bits per heavy atom. The Bertz CT molecular complexity index is 861. The number of nitrogens with one attached hydrogen (secondary N) is 1. The minimum absolute atomic E-state index is 0.369. The van der Waals surface area contributed by atoms with Gasteiger partial charge in [-0.05, 0) is 37.5 Å². The van der Waals surface area contributed by atoms with Crippen LogP contribution >= 0.6 is 0 Å². The molecule has 0 aromatic carbocycles. The summed E-state index contributed by atoms with van der Waals surface area (Å²) in [7, 11) is 0. The number of anilines is 3. The molecule has 1 N–H and O–H groups in total. The van der Waals surface area contributed by atoms with Gasteiger partial charge in [0.05, 0.1) is 5.69 Å². The maximum atomic E-state index is 4.63. The second-order valence-corrected chi connectivity index (χ2v) is 6.41. The van der Waals surface area contributed by atoms with E-state index in [1.807, 2.05) is 25.1 Å². The van der Waals surface area contributed by atoms with Crippen LogP contribution in [0.2, 0.25) is 0 Å². The molecule has 0 atom stereocenters. The van der Waals surface area contributed by atoms with E-state index in [0.717, 1.165) is 54.6 Å². The summed E-state index contributed by atoms with van der Waals surface area (Å²) in [6, 6.07) is 5.92. The van der Waals surface area contributed by atoms with E-state index in [1.54, 1.807) is 31.1 Å². The summed E-state index contributed by atoms with van der Waals surface area (Å²) < 4.78 is 0. The Hall–Kier alpha value is -3.09. The lowest BCUT2D eigenvalue weighted by Gasteiger charge is -2.32. The van der Waals surface area contributed by atoms with Crippen LogP contribution in [0, 0.1) is 6.92 Å². The van der Waals surface area contributed by atoms with Gasteiger partial charge in [0.25, 0.3) is 0 Å². The third-order valence-corrected chi connectivity index (χ3v) is 4.74. The Morgan fingerprint density at radius 1 is 0.923 bits per heavy atom. The lowest BCUT2D eigenvalue weighted by molar-refractivity contribution is 0.493. The second kappa shape index (κ2) is 7.43. The van der Waals surface area contributed by atoms with Gasteiger partial charge in [-0.15, -0.1) is 0 Å². The van der Waals surface area contributed by atoms with Crippen molar-refractivity contribution in [1.29, 1.82) is 0 Å². The fraction of sp³-hybridized carbons (Fsp3) is 0.316. The molecule has 1 fully saturated rings. The van der Waals surface area contributed by atoms with Gasteiger partial charge in [0.1, 0.15) is 18.0 Å². The van der Waals surface area contributed by atoms with E-state index in [4.69, 9.17) is 0 Å². The monoisotopic (exact) mass is 347 g/mol. The van der Waals surface area contributed by atoms with Gasteiger partial charge in [-0.2, -0.15) is 0 Å². The van der Waals surface area contributed by atoms with Gasteiger partial charge in [0.2, 0.25) is 0 Å². The molecule has 3 aromatic heterocycles. The summed E-state index contributed by atoms with van der Waals surface area (Å²) in [5, 5.41) is 3.36. The molecular formula is C19H21N7. The van der Waals surface area contributed by atoms with Gasteiger partial charge in [-0.1, -0.05) is 6.07 Å². The summed E-state index contributed by atoms with van der Waals surface area (Å²) in [6.07, 6.45) is 10.7. The maximum Gasteiger partial charge on any atom is 0.153 e. The van der Waals surface area contributed by atoms with Crippen LogP contribution in [0.5, 0.6) is 0 Å². The molecule has 4 rings (SSSR count). The highest BCUT2D eigenvalue weighted by molar-refractivity contribution is 5.58. The fourth-order valence-electron chi connectivity index (χ4n) is 3.33. The van der Waals surface area contributed by atoms with Crippen molar-refractivity contribution in [2.45, 2.75) is 25.7 Å². The zero-order valence-electron chi connectivity index (χ0n) is 14.7. The van der Waals surface area contributed by atoms with Gasteiger partial charge < -0.3 is 10.2 Å². The number of rotatable bonds is 4. The molecule has 26 heavy (non-hydrogen) atoms. The van der Waals surface area contributed by atoms with Crippen LogP contribution < -0.4 is 10.2 Å². The molecule has 0 aliphatic carbocycles. The summed E-state index contributed by atoms with van der Waals surface area (Å²) in [5.74, 6) is 2.98. The zero-order chi connectivity index (χ0) is 17.8. The van der Waals surface area contributed by atoms with Gasteiger partial charge in [0, 0.05) is 43.8 Å².